The molecule has 0 saturated carbocycles. The molecule has 0 spiro atoms. The van der Waals surface area contributed by atoms with Crippen LogP contribution in [0, 0.1) is 13.8 Å². The topological polar surface area (TPSA) is 72.6 Å². The van der Waals surface area contributed by atoms with Crippen LogP contribution in [0.2, 0.25) is 0 Å². The minimum Gasteiger partial charge on any atom is -0.367 e. The van der Waals surface area contributed by atoms with Crippen LogP contribution in [0.25, 0.3) is 5.65 Å². The van der Waals surface area contributed by atoms with Crippen molar-refractivity contribution in [2.24, 2.45) is 0 Å². The number of rotatable bonds is 2. The third-order valence-electron chi connectivity index (χ3n) is 4.27. The summed E-state index contributed by atoms with van der Waals surface area (Å²) in [5, 5.41) is 0. The summed E-state index contributed by atoms with van der Waals surface area (Å²) in [4.78, 5) is 27.7. The van der Waals surface area contributed by atoms with Gasteiger partial charge in [-0.3, -0.25) is 4.79 Å². The van der Waals surface area contributed by atoms with E-state index in [0.717, 1.165) is 16.9 Å². The van der Waals surface area contributed by atoms with E-state index in [1.807, 2.05) is 42.6 Å². The Morgan fingerprint density at radius 2 is 2.08 bits per heavy atom. The van der Waals surface area contributed by atoms with E-state index in [-0.39, 0.29) is 12.0 Å². The molecule has 1 aliphatic heterocycles. The number of aryl methyl sites for hydroxylation is 2. The molecule has 3 aromatic rings. The van der Waals surface area contributed by atoms with Gasteiger partial charge in [0.2, 0.25) is 0 Å². The standard InChI is InChI=1S/C18H19N5O2/c1-12-3-4-16-21-14(10-23(16)9-12)18(24)22-7-8-25-15(11-22)17-19-6-5-13(2)20-17/h3-6,9-10,15H,7-8,11H2,1-2H3. The molecule has 0 aromatic carbocycles. The summed E-state index contributed by atoms with van der Waals surface area (Å²) in [7, 11) is 0. The fourth-order valence-corrected chi connectivity index (χ4v) is 2.98. The van der Waals surface area contributed by atoms with E-state index < -0.39 is 0 Å². The Hall–Kier alpha value is -2.80. The number of morpholine rings is 1. The van der Waals surface area contributed by atoms with Crippen LogP contribution >= 0.6 is 0 Å². The summed E-state index contributed by atoms with van der Waals surface area (Å²) in [5.74, 6) is 0.519. The third kappa shape index (κ3) is 3.10. The molecule has 4 rings (SSSR count). The molecule has 0 N–H and O–H groups in total. The Morgan fingerprint density at radius 3 is 2.92 bits per heavy atom. The highest BCUT2D eigenvalue weighted by Gasteiger charge is 2.29. The SMILES string of the molecule is Cc1ccc2nc(C(=O)N3CCOC(c4nccc(C)n4)C3)cn2c1. The highest BCUT2D eigenvalue weighted by Crippen LogP contribution is 2.21. The van der Waals surface area contributed by atoms with E-state index >= 15 is 0 Å². The van der Waals surface area contributed by atoms with Gasteiger partial charge in [0.15, 0.2) is 5.82 Å². The first-order chi connectivity index (χ1) is 12.1. The molecular weight excluding hydrogens is 318 g/mol. The first-order valence-electron chi connectivity index (χ1n) is 8.26. The van der Waals surface area contributed by atoms with Crippen LogP contribution in [0.4, 0.5) is 0 Å². The average molecular weight is 337 g/mol. The quantitative estimate of drug-likeness (QED) is 0.715. The summed E-state index contributed by atoms with van der Waals surface area (Å²) < 4.78 is 7.64. The highest BCUT2D eigenvalue weighted by molar-refractivity contribution is 5.93. The van der Waals surface area contributed by atoms with Crippen molar-refractivity contribution in [1.29, 1.82) is 0 Å². The number of nitrogens with zero attached hydrogens (tertiary/aromatic N) is 5. The molecule has 1 amide bonds. The molecule has 7 nitrogen and oxygen atoms in total. The number of aromatic nitrogens is 4. The van der Waals surface area contributed by atoms with Gasteiger partial charge in [-0.15, -0.1) is 0 Å². The summed E-state index contributed by atoms with van der Waals surface area (Å²) in [6.45, 7) is 5.34. The number of imidazole rings is 1. The Kier molecular flexibility index (Phi) is 3.93. The Labute approximate surface area is 145 Å². The molecule has 128 valence electrons. The lowest BCUT2D eigenvalue weighted by Crippen LogP contribution is -2.42. The molecule has 1 fully saturated rings. The van der Waals surface area contributed by atoms with Gasteiger partial charge in [-0.1, -0.05) is 6.07 Å². The van der Waals surface area contributed by atoms with Crippen LogP contribution in [0.5, 0.6) is 0 Å². The molecule has 7 heteroatoms. The van der Waals surface area contributed by atoms with Crippen molar-refractivity contribution in [3.8, 4) is 0 Å². The molecular formula is C18H19N5O2. The first-order valence-corrected chi connectivity index (χ1v) is 8.26. The van der Waals surface area contributed by atoms with Crippen molar-refractivity contribution in [3.63, 3.8) is 0 Å². The van der Waals surface area contributed by atoms with Crippen molar-refractivity contribution < 1.29 is 9.53 Å². The molecule has 25 heavy (non-hydrogen) atoms. The van der Waals surface area contributed by atoms with Crippen LogP contribution in [0.1, 0.15) is 33.7 Å². The lowest BCUT2D eigenvalue weighted by atomic mass is 10.2. The molecule has 1 atom stereocenters. The molecule has 0 radical (unpaired) electrons. The maximum atomic E-state index is 12.9. The van der Waals surface area contributed by atoms with Gasteiger partial charge in [-0.05, 0) is 31.5 Å². The Bertz CT molecular complexity index is 936. The lowest BCUT2D eigenvalue weighted by molar-refractivity contribution is -0.0270. The zero-order valence-electron chi connectivity index (χ0n) is 14.2. The van der Waals surface area contributed by atoms with Crippen LogP contribution in [-0.4, -0.2) is 49.9 Å². The summed E-state index contributed by atoms with van der Waals surface area (Å²) >= 11 is 0. The van der Waals surface area contributed by atoms with Crippen LogP contribution in [0.3, 0.4) is 0 Å². The number of ether oxygens (including phenoxy) is 1. The van der Waals surface area contributed by atoms with Gasteiger partial charge in [-0.25, -0.2) is 15.0 Å². The molecule has 1 saturated heterocycles. The molecule has 1 unspecified atom stereocenters. The number of carbonyl (C=O) groups excluding carboxylic acids is 1. The number of carbonyl (C=O) groups is 1. The van der Waals surface area contributed by atoms with E-state index in [1.54, 1.807) is 17.3 Å². The third-order valence-corrected chi connectivity index (χ3v) is 4.27. The van der Waals surface area contributed by atoms with Crippen molar-refractivity contribution in [1.82, 2.24) is 24.3 Å². The minimum atomic E-state index is -0.308. The maximum absolute atomic E-state index is 12.9. The van der Waals surface area contributed by atoms with Crippen molar-refractivity contribution in [2.45, 2.75) is 20.0 Å². The fraction of sp³-hybridized carbons (Fsp3) is 0.333. The lowest BCUT2D eigenvalue weighted by Gasteiger charge is -2.31. The van der Waals surface area contributed by atoms with Crippen LogP contribution < -0.4 is 0 Å². The monoisotopic (exact) mass is 337 g/mol. The maximum Gasteiger partial charge on any atom is 0.274 e. The van der Waals surface area contributed by atoms with Gasteiger partial charge in [0.05, 0.1) is 13.2 Å². The Morgan fingerprint density at radius 1 is 1.20 bits per heavy atom. The van der Waals surface area contributed by atoms with E-state index in [9.17, 15) is 4.79 Å². The number of pyridine rings is 1. The number of hydrogen-bond acceptors (Lipinski definition) is 5. The minimum absolute atomic E-state index is 0.0951. The second-order valence-corrected chi connectivity index (χ2v) is 6.26. The van der Waals surface area contributed by atoms with E-state index in [4.69, 9.17) is 4.74 Å². The summed E-state index contributed by atoms with van der Waals surface area (Å²) in [6, 6.07) is 5.74. The Balaban J connectivity index is 1.56. The molecule has 0 aliphatic carbocycles. The second kappa shape index (κ2) is 6.25. The van der Waals surface area contributed by atoms with E-state index in [0.29, 0.717) is 31.2 Å². The number of amides is 1. The molecule has 1 aliphatic rings. The largest absolute Gasteiger partial charge is 0.367 e. The van der Waals surface area contributed by atoms with Crippen LogP contribution in [-0.2, 0) is 4.74 Å². The van der Waals surface area contributed by atoms with E-state index in [1.165, 1.54) is 0 Å². The number of fused-ring (bicyclic) bond motifs is 1. The van der Waals surface area contributed by atoms with Gasteiger partial charge < -0.3 is 14.0 Å². The van der Waals surface area contributed by atoms with Gasteiger partial charge >= 0.3 is 0 Å². The van der Waals surface area contributed by atoms with Gasteiger partial charge in [0.25, 0.3) is 5.91 Å². The fourth-order valence-electron chi connectivity index (χ4n) is 2.98. The van der Waals surface area contributed by atoms with Gasteiger partial charge in [0, 0.05) is 30.8 Å². The van der Waals surface area contributed by atoms with Crippen molar-refractivity contribution in [2.75, 3.05) is 19.7 Å². The summed E-state index contributed by atoms with van der Waals surface area (Å²) in [5.41, 5.74) is 3.21. The number of hydrogen-bond donors (Lipinski definition) is 0. The van der Waals surface area contributed by atoms with Gasteiger partial charge in [0.1, 0.15) is 17.4 Å². The molecule has 0 bridgehead atoms. The van der Waals surface area contributed by atoms with Crippen LogP contribution in [0.15, 0.2) is 36.8 Å². The highest BCUT2D eigenvalue weighted by atomic mass is 16.5. The average Bonchev–Trinajstić information content (AvgIpc) is 3.04. The normalized spacial score (nSPS) is 17.8. The smallest absolute Gasteiger partial charge is 0.274 e. The van der Waals surface area contributed by atoms with Crippen molar-refractivity contribution >= 4 is 11.6 Å². The zero-order valence-corrected chi connectivity index (χ0v) is 14.2. The second-order valence-electron chi connectivity index (χ2n) is 6.26. The van der Waals surface area contributed by atoms with Crippen molar-refractivity contribution in [3.05, 3.63) is 59.6 Å². The molecule has 3 aromatic heterocycles. The zero-order chi connectivity index (χ0) is 17.4. The summed E-state index contributed by atoms with van der Waals surface area (Å²) in [6.07, 6.45) is 5.14. The predicted molar refractivity (Wildman–Crippen MR) is 91.3 cm³/mol. The van der Waals surface area contributed by atoms with Gasteiger partial charge in [-0.2, -0.15) is 0 Å². The molecule has 4 heterocycles. The van der Waals surface area contributed by atoms with E-state index in [2.05, 4.69) is 15.0 Å². The first kappa shape index (κ1) is 15.7. The predicted octanol–water partition coefficient (Wildman–Crippen LogP) is 1.95.